The number of hydrogen-bond donors (Lipinski definition) is 2. The third-order valence-corrected chi connectivity index (χ3v) is 2.87. The number of amides is 1. The molecule has 0 aliphatic rings. The highest BCUT2D eigenvalue weighted by atomic mass is 16.1. The molecule has 0 aliphatic heterocycles. The smallest absolute Gasteiger partial charge is 0.224 e. The zero-order chi connectivity index (χ0) is 12.3. The van der Waals surface area contributed by atoms with E-state index in [-0.39, 0.29) is 11.9 Å². The van der Waals surface area contributed by atoms with E-state index in [1.807, 2.05) is 25.1 Å². The summed E-state index contributed by atoms with van der Waals surface area (Å²) >= 11 is 0. The molecular formula is C13H17N3O. The standard InChI is InChI=1S/C13H17N3O/c1-3-9(2)16-13(17)7-10-4-5-11-12(6-10)15-8-14-11/h4-6,8-9H,3,7H2,1-2H3,(H,14,15)(H,16,17). The van der Waals surface area contributed by atoms with Gasteiger partial charge in [0.05, 0.1) is 23.8 Å². The number of H-pyrrole nitrogens is 1. The molecule has 0 radical (unpaired) electrons. The molecule has 1 amide bonds. The molecule has 4 nitrogen and oxygen atoms in total. The van der Waals surface area contributed by atoms with Crippen molar-refractivity contribution in [2.45, 2.75) is 32.7 Å². The Morgan fingerprint density at radius 2 is 2.35 bits per heavy atom. The number of aromatic amines is 1. The van der Waals surface area contributed by atoms with Gasteiger partial charge in [0.2, 0.25) is 5.91 Å². The molecular weight excluding hydrogens is 214 g/mol. The fourth-order valence-electron chi connectivity index (χ4n) is 1.71. The molecule has 1 atom stereocenters. The number of nitrogens with zero attached hydrogens (tertiary/aromatic N) is 1. The second-order valence-corrected chi connectivity index (χ2v) is 4.31. The molecule has 90 valence electrons. The lowest BCUT2D eigenvalue weighted by Gasteiger charge is -2.11. The second-order valence-electron chi connectivity index (χ2n) is 4.31. The van der Waals surface area contributed by atoms with Crippen molar-refractivity contribution in [1.82, 2.24) is 15.3 Å². The maximum absolute atomic E-state index is 11.7. The summed E-state index contributed by atoms with van der Waals surface area (Å²) in [6.07, 6.45) is 3.03. The van der Waals surface area contributed by atoms with E-state index in [1.54, 1.807) is 6.33 Å². The molecule has 0 saturated heterocycles. The Kier molecular flexibility index (Phi) is 3.42. The van der Waals surface area contributed by atoms with E-state index in [1.165, 1.54) is 0 Å². The summed E-state index contributed by atoms with van der Waals surface area (Å²) in [5.41, 5.74) is 2.90. The molecule has 17 heavy (non-hydrogen) atoms. The minimum absolute atomic E-state index is 0.0678. The summed E-state index contributed by atoms with van der Waals surface area (Å²) in [6, 6.07) is 6.08. The van der Waals surface area contributed by atoms with Crippen LogP contribution in [0.1, 0.15) is 25.8 Å². The summed E-state index contributed by atoms with van der Waals surface area (Å²) in [7, 11) is 0. The Bertz CT molecular complexity index is 518. The predicted octanol–water partition coefficient (Wildman–Crippen LogP) is 2.02. The number of carbonyl (C=O) groups is 1. The number of rotatable bonds is 4. The van der Waals surface area contributed by atoms with Gasteiger partial charge in [-0.15, -0.1) is 0 Å². The molecule has 0 spiro atoms. The van der Waals surface area contributed by atoms with Gasteiger partial charge in [-0.2, -0.15) is 0 Å². The number of aromatic nitrogens is 2. The highest BCUT2D eigenvalue weighted by molar-refractivity contribution is 5.81. The average molecular weight is 231 g/mol. The Morgan fingerprint density at radius 3 is 3.12 bits per heavy atom. The molecule has 4 heteroatoms. The fraction of sp³-hybridized carbons (Fsp3) is 0.385. The summed E-state index contributed by atoms with van der Waals surface area (Å²) in [6.45, 7) is 4.07. The van der Waals surface area contributed by atoms with Crippen molar-refractivity contribution < 1.29 is 4.79 Å². The number of benzene rings is 1. The second kappa shape index (κ2) is 4.99. The van der Waals surface area contributed by atoms with Crippen LogP contribution in [0.25, 0.3) is 11.0 Å². The van der Waals surface area contributed by atoms with E-state index in [0.717, 1.165) is 23.0 Å². The Morgan fingerprint density at radius 1 is 1.53 bits per heavy atom. The van der Waals surface area contributed by atoms with Crippen LogP contribution in [0.15, 0.2) is 24.5 Å². The van der Waals surface area contributed by atoms with Crippen LogP contribution in [0.2, 0.25) is 0 Å². The molecule has 2 aromatic rings. The van der Waals surface area contributed by atoms with Gasteiger partial charge in [-0.25, -0.2) is 4.98 Å². The van der Waals surface area contributed by atoms with E-state index in [0.29, 0.717) is 6.42 Å². The minimum Gasteiger partial charge on any atom is -0.353 e. The van der Waals surface area contributed by atoms with Crippen molar-refractivity contribution in [2.75, 3.05) is 0 Å². The maximum Gasteiger partial charge on any atom is 0.224 e. The van der Waals surface area contributed by atoms with Crippen molar-refractivity contribution in [2.24, 2.45) is 0 Å². The molecule has 0 bridgehead atoms. The lowest BCUT2D eigenvalue weighted by molar-refractivity contribution is -0.121. The number of fused-ring (bicyclic) bond motifs is 1. The monoisotopic (exact) mass is 231 g/mol. The van der Waals surface area contributed by atoms with Crippen LogP contribution in [0.5, 0.6) is 0 Å². The molecule has 0 saturated carbocycles. The van der Waals surface area contributed by atoms with E-state index >= 15 is 0 Å². The number of nitrogens with one attached hydrogen (secondary N) is 2. The van der Waals surface area contributed by atoms with Crippen molar-refractivity contribution in [3.8, 4) is 0 Å². The quantitative estimate of drug-likeness (QED) is 0.845. The molecule has 2 N–H and O–H groups in total. The molecule has 1 heterocycles. The van der Waals surface area contributed by atoms with Crippen molar-refractivity contribution in [3.05, 3.63) is 30.1 Å². The zero-order valence-electron chi connectivity index (χ0n) is 10.2. The fourth-order valence-corrected chi connectivity index (χ4v) is 1.71. The lowest BCUT2D eigenvalue weighted by atomic mass is 10.1. The summed E-state index contributed by atoms with van der Waals surface area (Å²) < 4.78 is 0. The molecule has 0 aliphatic carbocycles. The number of carbonyl (C=O) groups excluding carboxylic acids is 1. The summed E-state index contributed by atoms with van der Waals surface area (Å²) in [5, 5.41) is 2.96. The van der Waals surface area contributed by atoms with Crippen LogP contribution in [0.3, 0.4) is 0 Å². The van der Waals surface area contributed by atoms with Crippen LogP contribution in [-0.4, -0.2) is 21.9 Å². The molecule has 1 aromatic heterocycles. The third-order valence-electron chi connectivity index (χ3n) is 2.87. The number of imidazole rings is 1. The first kappa shape index (κ1) is 11.6. The maximum atomic E-state index is 11.7. The van der Waals surface area contributed by atoms with Gasteiger partial charge in [0.25, 0.3) is 0 Å². The van der Waals surface area contributed by atoms with Crippen LogP contribution in [0.4, 0.5) is 0 Å². The topological polar surface area (TPSA) is 57.8 Å². The van der Waals surface area contributed by atoms with Crippen molar-refractivity contribution in [3.63, 3.8) is 0 Å². The van der Waals surface area contributed by atoms with Gasteiger partial charge in [0.1, 0.15) is 0 Å². The summed E-state index contributed by atoms with van der Waals surface area (Å²) in [4.78, 5) is 18.9. The van der Waals surface area contributed by atoms with Gasteiger partial charge >= 0.3 is 0 Å². The van der Waals surface area contributed by atoms with Gasteiger partial charge < -0.3 is 10.3 Å². The lowest BCUT2D eigenvalue weighted by Crippen LogP contribution is -2.33. The highest BCUT2D eigenvalue weighted by Crippen LogP contribution is 2.12. The highest BCUT2D eigenvalue weighted by Gasteiger charge is 2.07. The Hall–Kier alpha value is -1.84. The SMILES string of the molecule is CCC(C)NC(=O)Cc1ccc2nc[nH]c2c1. The first-order valence-corrected chi connectivity index (χ1v) is 5.90. The Labute approximate surface area is 100 Å². The Balaban J connectivity index is 2.05. The van der Waals surface area contributed by atoms with Crippen LogP contribution >= 0.6 is 0 Å². The normalized spacial score (nSPS) is 12.6. The van der Waals surface area contributed by atoms with Crippen LogP contribution < -0.4 is 5.32 Å². The number of hydrogen-bond acceptors (Lipinski definition) is 2. The molecule has 1 aromatic carbocycles. The van der Waals surface area contributed by atoms with E-state index < -0.39 is 0 Å². The van der Waals surface area contributed by atoms with Crippen LogP contribution in [0, 0.1) is 0 Å². The predicted molar refractivity (Wildman–Crippen MR) is 67.7 cm³/mol. The molecule has 2 rings (SSSR count). The van der Waals surface area contributed by atoms with E-state index in [9.17, 15) is 4.79 Å². The zero-order valence-corrected chi connectivity index (χ0v) is 10.2. The van der Waals surface area contributed by atoms with Crippen molar-refractivity contribution >= 4 is 16.9 Å². The van der Waals surface area contributed by atoms with Gasteiger partial charge in [-0.05, 0) is 31.0 Å². The van der Waals surface area contributed by atoms with Gasteiger partial charge in [-0.1, -0.05) is 13.0 Å². The van der Waals surface area contributed by atoms with E-state index in [4.69, 9.17) is 0 Å². The van der Waals surface area contributed by atoms with Gasteiger partial charge in [0, 0.05) is 6.04 Å². The van der Waals surface area contributed by atoms with E-state index in [2.05, 4.69) is 22.2 Å². The first-order chi connectivity index (χ1) is 8.19. The largest absolute Gasteiger partial charge is 0.353 e. The minimum atomic E-state index is 0.0678. The average Bonchev–Trinajstić information content (AvgIpc) is 2.75. The van der Waals surface area contributed by atoms with Gasteiger partial charge in [0.15, 0.2) is 0 Å². The van der Waals surface area contributed by atoms with Crippen molar-refractivity contribution in [1.29, 1.82) is 0 Å². The van der Waals surface area contributed by atoms with Crippen LogP contribution in [-0.2, 0) is 11.2 Å². The van der Waals surface area contributed by atoms with Gasteiger partial charge in [-0.3, -0.25) is 4.79 Å². The molecule has 0 fully saturated rings. The molecule has 1 unspecified atom stereocenters. The first-order valence-electron chi connectivity index (χ1n) is 5.90. The summed E-state index contributed by atoms with van der Waals surface area (Å²) in [5.74, 6) is 0.0678. The third kappa shape index (κ3) is 2.84.